The second-order valence-corrected chi connectivity index (χ2v) is 14.2. The number of anilines is 2. The van der Waals surface area contributed by atoms with Gasteiger partial charge in [0.15, 0.2) is 5.60 Å². The van der Waals surface area contributed by atoms with Gasteiger partial charge >= 0.3 is 0 Å². The molecule has 2 amide bonds. The van der Waals surface area contributed by atoms with Crippen molar-refractivity contribution < 1.29 is 28.6 Å². The number of Topliss-reactive ketones (excluding diaryl/α,β-unsaturated/α-hetero) is 1. The molecule has 4 aliphatic rings. The first-order valence-corrected chi connectivity index (χ1v) is 17.5. The molecule has 0 aromatic heterocycles. The minimum absolute atomic E-state index is 0.0600. The first-order chi connectivity index (χ1) is 21.7. The lowest BCUT2D eigenvalue weighted by molar-refractivity contribution is -0.132. The predicted molar refractivity (Wildman–Crippen MR) is 176 cm³/mol. The number of piperidine rings is 1. The second kappa shape index (κ2) is 15.4. The summed E-state index contributed by atoms with van der Waals surface area (Å²) in [6.07, 6.45) is 11.2. The molecule has 9 nitrogen and oxygen atoms in total. The average Bonchev–Trinajstić information content (AvgIpc) is 3.88. The molecule has 2 heterocycles. The zero-order valence-electron chi connectivity index (χ0n) is 28.0. The molecule has 1 aromatic rings. The second-order valence-electron chi connectivity index (χ2n) is 14.2. The Morgan fingerprint density at radius 3 is 2.58 bits per heavy atom. The Kier molecular flexibility index (Phi) is 11.6. The summed E-state index contributed by atoms with van der Waals surface area (Å²) < 4.78 is 17.2. The highest BCUT2D eigenvalue weighted by molar-refractivity contribution is 6.04. The van der Waals surface area contributed by atoms with Crippen LogP contribution in [0.5, 0.6) is 5.75 Å². The van der Waals surface area contributed by atoms with Crippen LogP contribution in [0.25, 0.3) is 0 Å². The van der Waals surface area contributed by atoms with E-state index in [0.29, 0.717) is 76.1 Å². The third-order valence-corrected chi connectivity index (χ3v) is 10.1. The van der Waals surface area contributed by atoms with E-state index < -0.39 is 5.60 Å². The maximum atomic E-state index is 14.2. The van der Waals surface area contributed by atoms with E-state index in [1.807, 2.05) is 30.0 Å². The van der Waals surface area contributed by atoms with Gasteiger partial charge in [0, 0.05) is 70.6 Å². The fraction of sp³-hybridized carbons (Fsp3) is 0.750. The van der Waals surface area contributed by atoms with E-state index in [9.17, 15) is 14.4 Å². The summed E-state index contributed by atoms with van der Waals surface area (Å²) in [5.41, 5.74) is 0.507. The zero-order chi connectivity index (χ0) is 32.0. The Morgan fingerprint density at radius 2 is 1.87 bits per heavy atom. The molecule has 0 bridgehead atoms. The van der Waals surface area contributed by atoms with Crippen LogP contribution in [0.2, 0.25) is 0 Å². The monoisotopic (exact) mass is 625 g/mol. The molecule has 1 aromatic carbocycles. The number of rotatable bonds is 15. The van der Waals surface area contributed by atoms with Gasteiger partial charge in [-0.1, -0.05) is 32.1 Å². The maximum Gasteiger partial charge on any atom is 0.270 e. The van der Waals surface area contributed by atoms with Crippen molar-refractivity contribution in [3.8, 4) is 5.75 Å². The number of nitrogens with one attached hydrogen (secondary N) is 1. The van der Waals surface area contributed by atoms with Crippen LogP contribution in [-0.2, 0) is 23.9 Å². The van der Waals surface area contributed by atoms with E-state index in [1.165, 1.54) is 32.1 Å². The van der Waals surface area contributed by atoms with Gasteiger partial charge in [-0.15, -0.1) is 0 Å². The highest BCUT2D eigenvalue weighted by Gasteiger charge is 2.43. The Morgan fingerprint density at radius 1 is 1.11 bits per heavy atom. The first-order valence-electron chi connectivity index (χ1n) is 17.5. The number of amides is 2. The zero-order valence-corrected chi connectivity index (χ0v) is 28.0. The lowest BCUT2D eigenvalue weighted by atomic mass is 9.79. The summed E-state index contributed by atoms with van der Waals surface area (Å²) in [6, 6.07) is 5.91. The molecule has 1 saturated heterocycles. The van der Waals surface area contributed by atoms with Gasteiger partial charge in [0.05, 0.1) is 11.6 Å². The Labute approximate surface area is 269 Å². The summed E-state index contributed by atoms with van der Waals surface area (Å²) in [5, 5.41) is 3.43. The minimum atomic E-state index is -0.971. The SMILES string of the molecule is CCOC[C@H](CC(=O)[C@@H]1CNC[C@H](C(=O)N(c2ccc3c(c2)N(CCCOC)C(=O)C(C)(C)O3)C2CC2)C1)CC1CCCCC1. The number of methoxy groups -OCH3 is 1. The summed E-state index contributed by atoms with van der Waals surface area (Å²) in [5.74, 6) is 1.36. The van der Waals surface area contributed by atoms with Gasteiger partial charge in [-0.3, -0.25) is 14.4 Å². The van der Waals surface area contributed by atoms with Gasteiger partial charge in [-0.25, -0.2) is 0 Å². The van der Waals surface area contributed by atoms with Crippen LogP contribution in [0, 0.1) is 23.7 Å². The van der Waals surface area contributed by atoms with Crippen LogP contribution in [0.15, 0.2) is 18.2 Å². The average molecular weight is 626 g/mol. The molecular weight excluding hydrogens is 570 g/mol. The van der Waals surface area contributed by atoms with Crippen molar-refractivity contribution in [1.29, 1.82) is 0 Å². The Balaban J connectivity index is 1.28. The molecule has 9 heteroatoms. The van der Waals surface area contributed by atoms with Crippen molar-refractivity contribution in [2.75, 3.05) is 56.4 Å². The number of carbonyl (C=O) groups excluding carboxylic acids is 3. The number of ether oxygens (including phenoxy) is 3. The molecule has 3 atom stereocenters. The number of benzene rings is 1. The first kappa shape index (κ1) is 33.9. The van der Waals surface area contributed by atoms with Crippen molar-refractivity contribution in [2.24, 2.45) is 23.7 Å². The van der Waals surface area contributed by atoms with Crippen molar-refractivity contribution in [2.45, 2.75) is 103 Å². The Bertz CT molecular complexity index is 1180. The maximum absolute atomic E-state index is 14.2. The Hall–Kier alpha value is -2.49. The van der Waals surface area contributed by atoms with E-state index in [2.05, 4.69) is 5.32 Å². The van der Waals surface area contributed by atoms with Gasteiger partial charge < -0.3 is 29.3 Å². The molecule has 2 aliphatic heterocycles. The standard InChI is InChI=1S/C36H55N3O6/c1-5-44-24-26(18-25-10-7-6-8-11-25)19-32(40)27-20-28(23-37-22-27)34(41)39(29-12-13-29)30-14-15-33-31(21-30)38(16-9-17-43-4)35(42)36(2,3)45-33/h14-15,21,25-29,37H,5-13,16-20,22-24H2,1-4H3/t26-,27-,28+/m0/s1. The highest BCUT2D eigenvalue weighted by atomic mass is 16.5. The third-order valence-electron chi connectivity index (χ3n) is 10.1. The topological polar surface area (TPSA) is 97.4 Å². The van der Waals surface area contributed by atoms with Gasteiger partial charge in [-0.05, 0) is 82.9 Å². The summed E-state index contributed by atoms with van der Waals surface area (Å²) in [7, 11) is 1.66. The summed E-state index contributed by atoms with van der Waals surface area (Å²) in [6.45, 7) is 9.15. The smallest absolute Gasteiger partial charge is 0.270 e. The lowest BCUT2D eigenvalue weighted by Crippen LogP contribution is -2.53. The van der Waals surface area contributed by atoms with Crippen molar-refractivity contribution in [1.82, 2.24) is 5.32 Å². The summed E-state index contributed by atoms with van der Waals surface area (Å²) in [4.78, 5) is 45.0. The van der Waals surface area contributed by atoms with Crippen LogP contribution in [0.1, 0.15) is 91.4 Å². The highest BCUT2D eigenvalue weighted by Crippen LogP contribution is 2.43. The number of hydrogen-bond donors (Lipinski definition) is 1. The van der Waals surface area contributed by atoms with Crippen LogP contribution in [-0.4, -0.2) is 75.8 Å². The molecule has 0 spiro atoms. The van der Waals surface area contributed by atoms with E-state index in [-0.39, 0.29) is 41.4 Å². The van der Waals surface area contributed by atoms with Crippen LogP contribution < -0.4 is 19.9 Å². The normalized spacial score (nSPS) is 24.1. The molecule has 5 rings (SSSR count). The quantitative estimate of drug-likeness (QED) is 0.256. The molecule has 3 fully saturated rings. The molecule has 45 heavy (non-hydrogen) atoms. The van der Waals surface area contributed by atoms with Crippen molar-refractivity contribution in [3.63, 3.8) is 0 Å². The van der Waals surface area contributed by atoms with Crippen molar-refractivity contribution >= 4 is 29.0 Å². The van der Waals surface area contributed by atoms with E-state index in [4.69, 9.17) is 14.2 Å². The summed E-state index contributed by atoms with van der Waals surface area (Å²) >= 11 is 0. The van der Waals surface area contributed by atoms with Gasteiger partial charge in [0.2, 0.25) is 5.91 Å². The predicted octanol–water partition coefficient (Wildman–Crippen LogP) is 5.53. The number of nitrogens with zero attached hydrogens (tertiary/aromatic N) is 2. The number of hydrogen-bond acceptors (Lipinski definition) is 7. The fourth-order valence-electron chi connectivity index (χ4n) is 7.56. The van der Waals surface area contributed by atoms with E-state index in [0.717, 1.165) is 24.9 Å². The molecule has 0 radical (unpaired) electrons. The molecule has 250 valence electrons. The molecule has 2 saturated carbocycles. The lowest BCUT2D eigenvalue weighted by Gasteiger charge is -2.40. The molecule has 1 N–H and O–H groups in total. The van der Waals surface area contributed by atoms with Gasteiger partial charge in [0.1, 0.15) is 11.5 Å². The molecular formula is C36H55N3O6. The molecule has 0 unspecified atom stereocenters. The number of carbonyl (C=O) groups is 3. The van der Waals surface area contributed by atoms with Crippen LogP contribution in [0.3, 0.4) is 0 Å². The van der Waals surface area contributed by atoms with E-state index in [1.54, 1.807) is 25.9 Å². The molecule has 2 aliphatic carbocycles. The fourth-order valence-corrected chi connectivity index (χ4v) is 7.56. The number of ketones is 1. The largest absolute Gasteiger partial charge is 0.476 e. The van der Waals surface area contributed by atoms with Crippen LogP contribution >= 0.6 is 0 Å². The van der Waals surface area contributed by atoms with Crippen molar-refractivity contribution in [3.05, 3.63) is 18.2 Å². The third kappa shape index (κ3) is 8.46. The van der Waals surface area contributed by atoms with Gasteiger partial charge in [-0.2, -0.15) is 0 Å². The minimum Gasteiger partial charge on any atom is -0.476 e. The van der Waals surface area contributed by atoms with E-state index >= 15 is 0 Å². The van der Waals surface area contributed by atoms with Gasteiger partial charge in [0.25, 0.3) is 5.91 Å². The van der Waals surface area contributed by atoms with Crippen LogP contribution in [0.4, 0.5) is 11.4 Å². The number of fused-ring (bicyclic) bond motifs is 1.